The fourth-order valence-corrected chi connectivity index (χ4v) is 9.68. The molecule has 410 valence electrons. The van der Waals surface area contributed by atoms with Crippen LogP contribution in [0.4, 0.5) is 11.4 Å². The van der Waals surface area contributed by atoms with E-state index in [9.17, 15) is 9.59 Å². The van der Waals surface area contributed by atoms with Crippen LogP contribution in [0.3, 0.4) is 0 Å². The van der Waals surface area contributed by atoms with Crippen molar-refractivity contribution in [3.8, 4) is 11.5 Å². The third-order valence-electron chi connectivity index (χ3n) is 14.5. The van der Waals surface area contributed by atoms with Crippen molar-refractivity contribution in [2.24, 2.45) is 10.2 Å². The zero-order chi connectivity index (χ0) is 51.9. The highest BCUT2D eigenvalue weighted by atomic mass is 16.5. The van der Waals surface area contributed by atoms with Crippen LogP contribution in [-0.4, -0.2) is 25.0 Å². The molecule has 3 rings (SSSR count). The average Bonchev–Trinajstić information content (AvgIpc) is 3.41. The first-order valence-electron chi connectivity index (χ1n) is 30.6. The number of ether oxygens (including phenoxy) is 2. The Bertz CT molecular complexity index is 1790. The molecule has 3 aromatic rings. The van der Waals surface area contributed by atoms with Crippen LogP contribution in [0.15, 0.2) is 77.0 Å². The summed E-state index contributed by atoms with van der Waals surface area (Å²) in [5, 5.41) is 8.83. The van der Waals surface area contributed by atoms with Crippen LogP contribution in [0.5, 0.6) is 11.5 Å². The normalized spacial score (nSPS) is 11.4. The van der Waals surface area contributed by atoms with Gasteiger partial charge in [-0.2, -0.15) is 10.2 Å². The number of nitrogens with one attached hydrogen (secondary N) is 2. The number of rotatable bonds is 48. The standard InChI is InChI=1S/C65H106N4O4/c1-4-6-8-10-12-14-16-18-20-22-24-26-28-30-32-34-36-38-40-42-54-72-61-50-46-59(47-51-61)65(71)69-68-64(70)58-44-48-60(49-45-58)66-67-63-53-52-62(56-57(63)3)73-55-43-41-39-37-35-33-31-29-27-25-23-21-19-17-15-13-11-9-7-5-2/h44-53,56H,4-43,54-55H2,1-3H3,(H,68,70)(H,69,71). The van der Waals surface area contributed by atoms with Crippen molar-refractivity contribution in [1.29, 1.82) is 0 Å². The number of azo groups is 1. The number of benzene rings is 3. The Hall–Kier alpha value is -4.20. The van der Waals surface area contributed by atoms with Crippen LogP contribution in [0.1, 0.15) is 297 Å². The largest absolute Gasteiger partial charge is 0.494 e. The van der Waals surface area contributed by atoms with Crippen LogP contribution < -0.4 is 20.3 Å². The molecule has 0 saturated heterocycles. The van der Waals surface area contributed by atoms with Crippen molar-refractivity contribution in [1.82, 2.24) is 10.9 Å². The summed E-state index contributed by atoms with van der Waals surface area (Å²) in [6, 6.07) is 19.7. The minimum atomic E-state index is -0.423. The van der Waals surface area contributed by atoms with Crippen LogP contribution >= 0.6 is 0 Å². The number of carbonyl (C=O) groups excluding carboxylic acids is 2. The molecular formula is C65H106N4O4. The summed E-state index contributed by atoms with van der Waals surface area (Å²) in [7, 11) is 0. The van der Waals surface area contributed by atoms with E-state index in [1.165, 1.54) is 244 Å². The molecular weight excluding hydrogens is 901 g/mol. The van der Waals surface area contributed by atoms with Gasteiger partial charge < -0.3 is 9.47 Å². The first-order chi connectivity index (χ1) is 36.0. The molecule has 73 heavy (non-hydrogen) atoms. The maximum Gasteiger partial charge on any atom is 0.269 e. The lowest BCUT2D eigenvalue weighted by atomic mass is 10.0. The second-order valence-corrected chi connectivity index (χ2v) is 21.3. The second-order valence-electron chi connectivity index (χ2n) is 21.3. The van der Waals surface area contributed by atoms with E-state index in [1.54, 1.807) is 48.5 Å². The predicted molar refractivity (Wildman–Crippen MR) is 310 cm³/mol. The Kier molecular flexibility index (Phi) is 39.1. The van der Waals surface area contributed by atoms with Gasteiger partial charge in [0, 0.05) is 11.1 Å². The van der Waals surface area contributed by atoms with Crippen molar-refractivity contribution in [2.45, 2.75) is 278 Å². The van der Waals surface area contributed by atoms with E-state index >= 15 is 0 Å². The smallest absolute Gasteiger partial charge is 0.269 e. The Morgan fingerprint density at radius 1 is 0.356 bits per heavy atom. The number of nitrogens with zero attached hydrogens (tertiary/aromatic N) is 2. The molecule has 8 nitrogen and oxygen atoms in total. The molecule has 0 heterocycles. The van der Waals surface area contributed by atoms with E-state index in [4.69, 9.17) is 9.47 Å². The number of hydrogen-bond donors (Lipinski definition) is 2. The molecule has 0 saturated carbocycles. The zero-order valence-corrected chi connectivity index (χ0v) is 47.1. The van der Waals surface area contributed by atoms with Crippen molar-refractivity contribution >= 4 is 23.2 Å². The average molecular weight is 1010 g/mol. The zero-order valence-electron chi connectivity index (χ0n) is 47.1. The molecule has 0 radical (unpaired) electrons. The Morgan fingerprint density at radius 3 is 0.973 bits per heavy atom. The van der Waals surface area contributed by atoms with Gasteiger partial charge >= 0.3 is 0 Å². The number of unbranched alkanes of at least 4 members (excludes halogenated alkanes) is 38. The van der Waals surface area contributed by atoms with Gasteiger partial charge in [0.15, 0.2) is 0 Å². The predicted octanol–water partition coefficient (Wildman–Crippen LogP) is 20.9. The summed E-state index contributed by atoms with van der Waals surface area (Å²) in [4.78, 5) is 25.6. The minimum absolute atomic E-state index is 0.394. The van der Waals surface area contributed by atoms with Gasteiger partial charge in [-0.1, -0.05) is 258 Å². The van der Waals surface area contributed by atoms with Crippen LogP contribution in [0.2, 0.25) is 0 Å². The van der Waals surface area contributed by atoms with E-state index in [-0.39, 0.29) is 0 Å². The third kappa shape index (κ3) is 34.1. The molecule has 0 fully saturated rings. The van der Waals surface area contributed by atoms with Gasteiger partial charge in [-0.15, -0.1) is 0 Å². The summed E-state index contributed by atoms with van der Waals surface area (Å²) in [5.74, 6) is 0.771. The fourth-order valence-electron chi connectivity index (χ4n) is 9.68. The molecule has 0 aliphatic rings. The highest BCUT2D eigenvalue weighted by Gasteiger charge is 2.10. The molecule has 0 spiro atoms. The van der Waals surface area contributed by atoms with Gasteiger partial charge in [0.1, 0.15) is 11.5 Å². The van der Waals surface area contributed by atoms with Crippen molar-refractivity contribution in [3.05, 3.63) is 83.4 Å². The summed E-state index contributed by atoms with van der Waals surface area (Å²) in [6.07, 6.45) is 55.0. The quantitative estimate of drug-likeness (QED) is 0.0334. The number of amides is 2. The molecule has 2 N–H and O–H groups in total. The molecule has 0 bridgehead atoms. The SMILES string of the molecule is CCCCCCCCCCCCCCCCCCCCCCOc1ccc(C(=O)NNC(=O)c2ccc(N=Nc3ccc(OCCCCCCCCCCCCCCCCCCCCCC)cc3C)cc2)cc1. The Balaban J connectivity index is 1.14. The van der Waals surface area contributed by atoms with Gasteiger partial charge in [-0.25, -0.2) is 0 Å². The molecule has 0 aromatic heterocycles. The molecule has 2 amide bonds. The van der Waals surface area contributed by atoms with Crippen molar-refractivity contribution in [3.63, 3.8) is 0 Å². The molecule has 0 aliphatic carbocycles. The van der Waals surface area contributed by atoms with E-state index in [0.29, 0.717) is 23.4 Å². The summed E-state index contributed by atoms with van der Waals surface area (Å²) in [6.45, 7) is 7.99. The van der Waals surface area contributed by atoms with Crippen molar-refractivity contribution in [2.75, 3.05) is 13.2 Å². The van der Waals surface area contributed by atoms with Gasteiger partial charge in [0.25, 0.3) is 11.8 Å². The third-order valence-corrected chi connectivity index (χ3v) is 14.5. The lowest BCUT2D eigenvalue weighted by Gasteiger charge is -2.09. The van der Waals surface area contributed by atoms with E-state index in [0.717, 1.165) is 42.2 Å². The monoisotopic (exact) mass is 1010 g/mol. The second kappa shape index (κ2) is 45.2. The number of hydrazine groups is 1. The minimum Gasteiger partial charge on any atom is -0.494 e. The maximum atomic E-state index is 12.8. The van der Waals surface area contributed by atoms with Gasteiger partial charge in [0.2, 0.25) is 0 Å². The first kappa shape index (κ1) is 63.1. The number of aryl methyl sites for hydroxylation is 1. The van der Waals surface area contributed by atoms with Gasteiger partial charge in [-0.3, -0.25) is 20.4 Å². The maximum absolute atomic E-state index is 12.8. The Labute approximate surface area is 447 Å². The van der Waals surface area contributed by atoms with Gasteiger partial charge in [-0.05, 0) is 92.1 Å². The molecule has 3 aromatic carbocycles. The summed E-state index contributed by atoms with van der Waals surface area (Å²) < 4.78 is 12.0. The highest BCUT2D eigenvalue weighted by molar-refractivity contribution is 5.99. The van der Waals surface area contributed by atoms with Crippen LogP contribution in [0.25, 0.3) is 0 Å². The molecule has 0 unspecified atom stereocenters. The first-order valence-corrected chi connectivity index (χ1v) is 30.6. The number of carbonyl (C=O) groups is 2. The Morgan fingerprint density at radius 2 is 0.644 bits per heavy atom. The van der Waals surface area contributed by atoms with E-state index in [2.05, 4.69) is 34.9 Å². The fraction of sp³-hybridized carbons (Fsp3) is 0.692. The van der Waals surface area contributed by atoms with Crippen molar-refractivity contribution < 1.29 is 19.1 Å². The molecule has 0 aliphatic heterocycles. The number of hydrogen-bond acceptors (Lipinski definition) is 6. The van der Waals surface area contributed by atoms with Crippen LogP contribution in [-0.2, 0) is 0 Å². The highest BCUT2D eigenvalue weighted by Crippen LogP contribution is 2.27. The topological polar surface area (TPSA) is 101 Å². The van der Waals surface area contributed by atoms with Crippen LogP contribution in [0, 0.1) is 6.92 Å². The lowest BCUT2D eigenvalue weighted by Crippen LogP contribution is -2.41. The van der Waals surface area contributed by atoms with E-state index in [1.807, 2.05) is 25.1 Å². The lowest BCUT2D eigenvalue weighted by molar-refractivity contribution is 0.0846. The van der Waals surface area contributed by atoms with E-state index < -0.39 is 11.8 Å². The molecule has 8 heteroatoms. The van der Waals surface area contributed by atoms with Gasteiger partial charge in [0.05, 0.1) is 24.6 Å². The summed E-state index contributed by atoms with van der Waals surface area (Å²) >= 11 is 0. The molecule has 0 atom stereocenters. The summed E-state index contributed by atoms with van der Waals surface area (Å²) in [5.41, 5.74) is 8.21.